The maximum atomic E-state index is 11.4. The second-order valence-electron chi connectivity index (χ2n) is 5.10. The number of rotatable bonds is 7. The Morgan fingerprint density at radius 1 is 1.22 bits per heavy atom. The molecule has 23 heavy (non-hydrogen) atoms. The summed E-state index contributed by atoms with van der Waals surface area (Å²) < 4.78 is 33.5. The molecule has 0 unspecified atom stereocenters. The number of sulfone groups is 1. The summed E-state index contributed by atoms with van der Waals surface area (Å²) in [5, 5.41) is 6.16. The van der Waals surface area contributed by atoms with Crippen LogP contribution in [0, 0.1) is 0 Å². The number of aliphatic imine (C=N–C) groups is 1. The van der Waals surface area contributed by atoms with Gasteiger partial charge in [0.15, 0.2) is 27.3 Å². The van der Waals surface area contributed by atoms with E-state index in [1.54, 1.807) is 14.0 Å². The summed E-state index contributed by atoms with van der Waals surface area (Å²) in [4.78, 5) is 4.08. The van der Waals surface area contributed by atoms with Crippen molar-refractivity contribution in [3.05, 3.63) is 23.8 Å². The molecule has 0 fully saturated rings. The molecule has 0 bridgehead atoms. The standard InChI is InChI=1S/C15H23N3O4S/c1-3-23(19,20)9-8-18-15(16-2)17-7-6-12-4-5-13-14(10-12)22-11-21-13/h4-5,10H,3,6-9,11H2,1-2H3,(H2,16,17,18). The number of guanidine groups is 1. The minimum atomic E-state index is -2.96. The van der Waals surface area contributed by atoms with Crippen LogP contribution in [0.3, 0.4) is 0 Å². The third-order valence-corrected chi connectivity index (χ3v) is 5.22. The molecular formula is C15H23N3O4S. The molecule has 8 heteroatoms. The van der Waals surface area contributed by atoms with E-state index in [0.29, 0.717) is 19.0 Å². The molecule has 128 valence electrons. The van der Waals surface area contributed by atoms with E-state index in [2.05, 4.69) is 15.6 Å². The Kier molecular flexibility index (Phi) is 6.09. The summed E-state index contributed by atoms with van der Waals surface area (Å²) in [6.45, 7) is 2.95. The van der Waals surface area contributed by atoms with Crippen molar-refractivity contribution in [2.75, 3.05) is 38.4 Å². The Bertz CT molecular complexity index is 659. The predicted molar refractivity (Wildman–Crippen MR) is 90.0 cm³/mol. The monoisotopic (exact) mass is 341 g/mol. The van der Waals surface area contributed by atoms with Gasteiger partial charge in [0.05, 0.1) is 5.75 Å². The van der Waals surface area contributed by atoms with Crippen LogP contribution in [0.1, 0.15) is 12.5 Å². The van der Waals surface area contributed by atoms with Crippen LogP contribution in [-0.4, -0.2) is 52.8 Å². The molecule has 0 saturated carbocycles. The van der Waals surface area contributed by atoms with Crippen molar-refractivity contribution < 1.29 is 17.9 Å². The lowest BCUT2D eigenvalue weighted by Gasteiger charge is -2.12. The number of nitrogens with one attached hydrogen (secondary N) is 2. The van der Waals surface area contributed by atoms with Gasteiger partial charge in [0.25, 0.3) is 0 Å². The zero-order valence-corrected chi connectivity index (χ0v) is 14.3. The van der Waals surface area contributed by atoms with Crippen molar-refractivity contribution in [2.24, 2.45) is 4.99 Å². The first kappa shape index (κ1) is 17.4. The Hall–Kier alpha value is -1.96. The average Bonchev–Trinajstić information content (AvgIpc) is 3.01. The maximum absolute atomic E-state index is 11.4. The molecule has 0 amide bonds. The minimum Gasteiger partial charge on any atom is -0.454 e. The van der Waals surface area contributed by atoms with Crippen molar-refractivity contribution in [1.29, 1.82) is 0 Å². The van der Waals surface area contributed by atoms with E-state index in [-0.39, 0.29) is 18.3 Å². The number of nitrogens with zero attached hydrogens (tertiary/aromatic N) is 1. The molecule has 1 aromatic rings. The van der Waals surface area contributed by atoms with Crippen LogP contribution in [-0.2, 0) is 16.3 Å². The number of benzene rings is 1. The molecule has 0 atom stereocenters. The molecule has 0 radical (unpaired) electrons. The summed E-state index contributed by atoms with van der Waals surface area (Å²) in [5.41, 5.74) is 1.13. The Labute approximate surface area is 137 Å². The fourth-order valence-electron chi connectivity index (χ4n) is 2.11. The number of hydrogen-bond donors (Lipinski definition) is 2. The lowest BCUT2D eigenvalue weighted by molar-refractivity contribution is 0.174. The van der Waals surface area contributed by atoms with Gasteiger partial charge in [0.1, 0.15) is 0 Å². The zero-order chi connectivity index (χ0) is 16.7. The molecule has 0 aliphatic carbocycles. The molecule has 2 N–H and O–H groups in total. The van der Waals surface area contributed by atoms with Gasteiger partial charge in [-0.3, -0.25) is 4.99 Å². The lowest BCUT2D eigenvalue weighted by atomic mass is 10.1. The van der Waals surface area contributed by atoms with Crippen molar-refractivity contribution in [1.82, 2.24) is 10.6 Å². The normalized spacial score (nSPS) is 13.9. The largest absolute Gasteiger partial charge is 0.454 e. The molecular weight excluding hydrogens is 318 g/mol. The van der Waals surface area contributed by atoms with E-state index in [1.807, 2.05) is 18.2 Å². The zero-order valence-electron chi connectivity index (χ0n) is 13.5. The van der Waals surface area contributed by atoms with E-state index in [0.717, 1.165) is 23.5 Å². The second kappa shape index (κ2) is 8.05. The molecule has 7 nitrogen and oxygen atoms in total. The molecule has 0 aromatic heterocycles. The molecule has 2 rings (SSSR count). The van der Waals surface area contributed by atoms with Gasteiger partial charge < -0.3 is 20.1 Å². The molecule has 1 aliphatic rings. The maximum Gasteiger partial charge on any atom is 0.231 e. The highest BCUT2D eigenvalue weighted by Crippen LogP contribution is 2.32. The fraction of sp³-hybridized carbons (Fsp3) is 0.533. The number of fused-ring (bicyclic) bond motifs is 1. The van der Waals surface area contributed by atoms with Crippen LogP contribution in [0.4, 0.5) is 0 Å². The van der Waals surface area contributed by atoms with E-state index in [9.17, 15) is 8.42 Å². The van der Waals surface area contributed by atoms with Gasteiger partial charge in [-0.2, -0.15) is 0 Å². The summed E-state index contributed by atoms with van der Waals surface area (Å²) in [6, 6.07) is 5.87. The number of hydrogen-bond acceptors (Lipinski definition) is 5. The predicted octanol–water partition coefficient (Wildman–Crippen LogP) is 0.558. The van der Waals surface area contributed by atoms with Gasteiger partial charge >= 0.3 is 0 Å². The Balaban J connectivity index is 1.73. The van der Waals surface area contributed by atoms with Crippen molar-refractivity contribution in [3.8, 4) is 11.5 Å². The SMILES string of the molecule is CCS(=O)(=O)CCNC(=NC)NCCc1ccc2c(c1)OCO2. The molecule has 0 spiro atoms. The van der Waals surface area contributed by atoms with Crippen molar-refractivity contribution in [3.63, 3.8) is 0 Å². The summed E-state index contributed by atoms with van der Waals surface area (Å²) in [7, 11) is -1.31. The molecule has 0 saturated heterocycles. The van der Waals surface area contributed by atoms with E-state index < -0.39 is 9.84 Å². The lowest BCUT2D eigenvalue weighted by Crippen LogP contribution is -2.40. The highest BCUT2D eigenvalue weighted by atomic mass is 32.2. The Morgan fingerprint density at radius 2 is 1.96 bits per heavy atom. The van der Waals surface area contributed by atoms with Gasteiger partial charge in [0.2, 0.25) is 6.79 Å². The molecule has 1 heterocycles. The van der Waals surface area contributed by atoms with Crippen LogP contribution in [0.2, 0.25) is 0 Å². The third-order valence-electron chi connectivity index (χ3n) is 3.51. The van der Waals surface area contributed by atoms with Crippen LogP contribution >= 0.6 is 0 Å². The quantitative estimate of drug-likeness (QED) is 0.556. The van der Waals surface area contributed by atoms with Crippen LogP contribution in [0.15, 0.2) is 23.2 Å². The molecule has 1 aromatic carbocycles. The first-order valence-electron chi connectivity index (χ1n) is 7.57. The van der Waals surface area contributed by atoms with Gasteiger partial charge in [-0.05, 0) is 24.1 Å². The van der Waals surface area contributed by atoms with Crippen LogP contribution in [0.25, 0.3) is 0 Å². The van der Waals surface area contributed by atoms with E-state index >= 15 is 0 Å². The Morgan fingerprint density at radius 3 is 2.70 bits per heavy atom. The highest BCUT2D eigenvalue weighted by Gasteiger charge is 2.13. The van der Waals surface area contributed by atoms with Crippen molar-refractivity contribution in [2.45, 2.75) is 13.3 Å². The summed E-state index contributed by atoms with van der Waals surface area (Å²) in [5.74, 6) is 2.40. The summed E-state index contributed by atoms with van der Waals surface area (Å²) in [6.07, 6.45) is 0.796. The fourth-order valence-corrected chi connectivity index (χ4v) is 2.81. The van der Waals surface area contributed by atoms with Gasteiger partial charge in [-0.25, -0.2) is 8.42 Å². The number of ether oxygens (including phenoxy) is 2. The van der Waals surface area contributed by atoms with Gasteiger partial charge in [-0.1, -0.05) is 13.0 Å². The topological polar surface area (TPSA) is 89.0 Å². The van der Waals surface area contributed by atoms with Gasteiger partial charge in [-0.15, -0.1) is 0 Å². The van der Waals surface area contributed by atoms with Crippen molar-refractivity contribution >= 4 is 15.8 Å². The average molecular weight is 341 g/mol. The first-order chi connectivity index (χ1) is 11.0. The summed E-state index contributed by atoms with van der Waals surface area (Å²) >= 11 is 0. The highest BCUT2D eigenvalue weighted by molar-refractivity contribution is 7.91. The van der Waals surface area contributed by atoms with Gasteiger partial charge in [0, 0.05) is 25.9 Å². The van der Waals surface area contributed by atoms with Crippen LogP contribution < -0.4 is 20.1 Å². The second-order valence-corrected chi connectivity index (χ2v) is 7.57. The first-order valence-corrected chi connectivity index (χ1v) is 9.39. The minimum absolute atomic E-state index is 0.104. The molecule has 1 aliphatic heterocycles. The van der Waals surface area contributed by atoms with E-state index in [1.165, 1.54) is 0 Å². The van der Waals surface area contributed by atoms with E-state index in [4.69, 9.17) is 9.47 Å². The smallest absolute Gasteiger partial charge is 0.231 e. The third kappa shape index (κ3) is 5.31. The van der Waals surface area contributed by atoms with Crippen LogP contribution in [0.5, 0.6) is 11.5 Å².